The van der Waals surface area contributed by atoms with E-state index in [0.717, 1.165) is 5.56 Å². The number of nitrogens with one attached hydrogen (secondary N) is 1. The van der Waals surface area contributed by atoms with Gasteiger partial charge in [-0.1, -0.05) is 44.2 Å². The van der Waals surface area contributed by atoms with Crippen molar-refractivity contribution >= 4 is 29.9 Å². The number of carbonyl (C=O) groups excluding carboxylic acids is 3. The molecule has 3 fully saturated rings. The number of rotatable bonds is 8. The molecule has 13 heteroatoms. The standard InChI is InChI=1S/C29H36N6O7/c1-4-41-28(38)34-12-10-33(11-13-34)27(37)23(17(2)3)32-26(36)21-14-22(31-25(30-21)18-8-6-5-7-9-18)35-15-19-20(16-35)24(19)42-29(39)40/h5-9,14,17,19-20,23-24H,4,10-13,15-16H2,1-3H3,(H,32,36)(H,39,40)/t19-,20+,23-,24-/m0/s1. The van der Waals surface area contributed by atoms with E-state index >= 15 is 0 Å². The van der Waals surface area contributed by atoms with Crippen molar-refractivity contribution in [2.45, 2.75) is 32.9 Å². The van der Waals surface area contributed by atoms with E-state index in [0.29, 0.717) is 50.9 Å². The fourth-order valence-corrected chi connectivity index (χ4v) is 5.63. The van der Waals surface area contributed by atoms with Crippen LogP contribution in [0.2, 0.25) is 0 Å². The van der Waals surface area contributed by atoms with E-state index in [1.165, 1.54) is 0 Å². The summed E-state index contributed by atoms with van der Waals surface area (Å²) in [4.78, 5) is 64.6. The second-order valence-electron chi connectivity index (χ2n) is 11.1. The number of amides is 3. The molecule has 0 radical (unpaired) electrons. The molecule has 2 N–H and O–H groups in total. The quantitative estimate of drug-likeness (QED) is 0.445. The van der Waals surface area contributed by atoms with Gasteiger partial charge in [-0.25, -0.2) is 19.6 Å². The van der Waals surface area contributed by atoms with E-state index in [4.69, 9.17) is 19.6 Å². The van der Waals surface area contributed by atoms with Crippen molar-refractivity contribution < 1.29 is 33.8 Å². The van der Waals surface area contributed by atoms with Crippen LogP contribution in [0.15, 0.2) is 36.4 Å². The number of benzene rings is 1. The van der Waals surface area contributed by atoms with Gasteiger partial charge in [-0.05, 0) is 12.8 Å². The lowest BCUT2D eigenvalue weighted by atomic mass is 10.0. The molecule has 42 heavy (non-hydrogen) atoms. The number of hydrogen-bond acceptors (Lipinski definition) is 9. The predicted molar refractivity (Wildman–Crippen MR) is 151 cm³/mol. The third-order valence-corrected chi connectivity index (χ3v) is 7.99. The first-order valence-corrected chi connectivity index (χ1v) is 14.3. The fraction of sp³-hybridized carbons (Fsp3) is 0.517. The molecule has 1 aromatic heterocycles. The zero-order valence-electron chi connectivity index (χ0n) is 23.9. The van der Waals surface area contributed by atoms with Gasteiger partial charge in [-0.3, -0.25) is 9.59 Å². The molecule has 4 atom stereocenters. The predicted octanol–water partition coefficient (Wildman–Crippen LogP) is 2.33. The topological polar surface area (TPSA) is 154 Å². The lowest BCUT2D eigenvalue weighted by Crippen LogP contribution is -2.57. The van der Waals surface area contributed by atoms with Crippen molar-refractivity contribution in [3.05, 3.63) is 42.1 Å². The first kappa shape index (κ1) is 29.1. The van der Waals surface area contributed by atoms with Crippen LogP contribution in [0.4, 0.5) is 15.4 Å². The molecule has 0 spiro atoms. The maximum atomic E-state index is 13.6. The molecule has 3 aliphatic rings. The minimum atomic E-state index is -1.27. The van der Waals surface area contributed by atoms with Crippen LogP contribution in [0.3, 0.4) is 0 Å². The molecule has 0 bridgehead atoms. The van der Waals surface area contributed by atoms with Crippen molar-refractivity contribution in [2.24, 2.45) is 17.8 Å². The lowest BCUT2D eigenvalue weighted by molar-refractivity contribution is -0.135. The Kier molecular flexibility index (Phi) is 8.46. The molecule has 3 heterocycles. The zero-order chi connectivity index (χ0) is 30.0. The third-order valence-electron chi connectivity index (χ3n) is 7.99. The summed E-state index contributed by atoms with van der Waals surface area (Å²) in [6.45, 7) is 8.28. The molecule has 13 nitrogen and oxygen atoms in total. The smallest absolute Gasteiger partial charge is 0.450 e. The summed E-state index contributed by atoms with van der Waals surface area (Å²) in [7, 11) is 0. The van der Waals surface area contributed by atoms with Gasteiger partial charge < -0.3 is 34.6 Å². The van der Waals surface area contributed by atoms with Gasteiger partial charge in [0.2, 0.25) is 5.91 Å². The first-order valence-electron chi connectivity index (χ1n) is 14.3. The molecule has 0 unspecified atom stereocenters. The average Bonchev–Trinajstić information content (AvgIpc) is 3.40. The summed E-state index contributed by atoms with van der Waals surface area (Å²) in [5.41, 5.74) is 0.865. The number of ether oxygens (including phenoxy) is 2. The number of nitrogens with zero attached hydrogens (tertiary/aromatic N) is 5. The number of carbonyl (C=O) groups is 4. The molecule has 1 saturated carbocycles. The Morgan fingerprint density at radius 3 is 2.24 bits per heavy atom. The molecule has 5 rings (SSSR count). The fourth-order valence-electron chi connectivity index (χ4n) is 5.63. The second-order valence-corrected chi connectivity index (χ2v) is 11.1. The lowest BCUT2D eigenvalue weighted by Gasteiger charge is -2.36. The number of piperazine rings is 1. The number of hydrogen-bond donors (Lipinski definition) is 2. The number of anilines is 1. The summed E-state index contributed by atoms with van der Waals surface area (Å²) >= 11 is 0. The van der Waals surface area contributed by atoms with E-state index in [2.05, 4.69) is 10.3 Å². The van der Waals surface area contributed by atoms with Gasteiger partial charge in [0.25, 0.3) is 5.91 Å². The first-order chi connectivity index (χ1) is 20.2. The van der Waals surface area contributed by atoms with Gasteiger partial charge in [0.1, 0.15) is 23.7 Å². The van der Waals surface area contributed by atoms with Crippen LogP contribution in [0.5, 0.6) is 0 Å². The largest absolute Gasteiger partial charge is 0.506 e. The van der Waals surface area contributed by atoms with Crippen LogP contribution in [-0.2, 0) is 14.3 Å². The molecular weight excluding hydrogens is 544 g/mol. The van der Waals surface area contributed by atoms with E-state index in [1.54, 1.807) is 22.8 Å². The van der Waals surface area contributed by atoms with Crippen molar-refractivity contribution in [1.29, 1.82) is 0 Å². The van der Waals surface area contributed by atoms with Crippen LogP contribution in [0.25, 0.3) is 11.4 Å². The summed E-state index contributed by atoms with van der Waals surface area (Å²) in [5.74, 6) is 0.184. The minimum absolute atomic E-state index is 0.0840. The van der Waals surface area contributed by atoms with Gasteiger partial charge in [0.15, 0.2) is 5.82 Å². The molecule has 224 valence electrons. The van der Waals surface area contributed by atoms with E-state index in [1.807, 2.05) is 49.1 Å². The van der Waals surface area contributed by atoms with Crippen molar-refractivity contribution in [2.75, 3.05) is 50.8 Å². The van der Waals surface area contributed by atoms with Gasteiger partial charge in [-0.15, -0.1) is 0 Å². The van der Waals surface area contributed by atoms with Gasteiger partial charge >= 0.3 is 12.2 Å². The van der Waals surface area contributed by atoms with Crippen molar-refractivity contribution in [3.63, 3.8) is 0 Å². The highest BCUT2D eigenvalue weighted by Crippen LogP contribution is 2.48. The Morgan fingerprint density at radius 2 is 1.64 bits per heavy atom. The zero-order valence-corrected chi connectivity index (χ0v) is 23.9. The van der Waals surface area contributed by atoms with Crippen LogP contribution in [0.1, 0.15) is 31.3 Å². The van der Waals surface area contributed by atoms with E-state index in [9.17, 15) is 19.2 Å². The van der Waals surface area contributed by atoms with E-state index in [-0.39, 0.29) is 42.1 Å². The van der Waals surface area contributed by atoms with Crippen LogP contribution < -0.4 is 10.2 Å². The third kappa shape index (κ3) is 6.24. The monoisotopic (exact) mass is 580 g/mol. The normalized spacial score (nSPS) is 21.9. The number of carboxylic acid groups (broad SMARTS) is 1. The van der Waals surface area contributed by atoms with Gasteiger partial charge in [-0.2, -0.15) is 0 Å². The van der Waals surface area contributed by atoms with Crippen LogP contribution >= 0.6 is 0 Å². The molecule has 1 aliphatic carbocycles. The molecule has 1 aromatic carbocycles. The molecular formula is C29H36N6O7. The highest BCUT2D eigenvalue weighted by atomic mass is 16.7. The minimum Gasteiger partial charge on any atom is -0.450 e. The van der Waals surface area contributed by atoms with Gasteiger partial charge in [0, 0.05) is 62.7 Å². The molecule has 3 amide bonds. The number of piperidine rings is 1. The molecule has 2 aliphatic heterocycles. The summed E-state index contributed by atoms with van der Waals surface area (Å²) < 4.78 is 10.0. The van der Waals surface area contributed by atoms with Crippen LogP contribution in [0, 0.1) is 17.8 Å². The summed E-state index contributed by atoms with van der Waals surface area (Å²) in [6.07, 6.45) is -1.98. The Morgan fingerprint density at radius 1 is 1.00 bits per heavy atom. The molecule has 2 aromatic rings. The van der Waals surface area contributed by atoms with Crippen molar-refractivity contribution in [1.82, 2.24) is 25.1 Å². The Balaban J connectivity index is 1.32. The highest BCUT2D eigenvalue weighted by molar-refractivity contribution is 5.97. The maximum absolute atomic E-state index is 13.6. The second kappa shape index (κ2) is 12.2. The summed E-state index contributed by atoms with van der Waals surface area (Å²) in [6, 6.07) is 10.1. The summed E-state index contributed by atoms with van der Waals surface area (Å²) in [5, 5.41) is 11.9. The Labute approximate surface area is 243 Å². The van der Waals surface area contributed by atoms with Gasteiger partial charge in [0.05, 0.1) is 6.61 Å². The van der Waals surface area contributed by atoms with E-state index < -0.39 is 24.2 Å². The average molecular weight is 581 g/mol. The Hall–Kier alpha value is -4.42. The molecule has 2 saturated heterocycles. The van der Waals surface area contributed by atoms with Crippen LogP contribution in [-0.4, -0.2) is 107 Å². The highest BCUT2D eigenvalue weighted by Gasteiger charge is 2.59. The maximum Gasteiger partial charge on any atom is 0.506 e. The number of fused-ring (bicyclic) bond motifs is 1. The Bertz CT molecular complexity index is 1320. The number of aromatic nitrogens is 2. The van der Waals surface area contributed by atoms with Crippen molar-refractivity contribution in [3.8, 4) is 11.4 Å². The SMILES string of the molecule is CCOC(=O)N1CCN(C(=O)[C@@H](NC(=O)c2cc(N3C[C@@H]4[C@H](C3)[C@@H]4OC(=O)O)nc(-c3ccccc3)n2)C(C)C)CC1.